The summed E-state index contributed by atoms with van der Waals surface area (Å²) < 4.78 is 1.83. The Bertz CT molecular complexity index is 1140. The van der Waals surface area contributed by atoms with Crippen molar-refractivity contribution in [3.63, 3.8) is 0 Å². The largest absolute Gasteiger partial charge is 0.391 e. The Hall–Kier alpha value is -3.33. The van der Waals surface area contributed by atoms with Gasteiger partial charge in [0.1, 0.15) is 0 Å². The maximum absolute atomic E-state index is 13.3. The van der Waals surface area contributed by atoms with Gasteiger partial charge < -0.3 is 14.9 Å². The number of amides is 2. The summed E-state index contributed by atoms with van der Waals surface area (Å²) in [4.78, 5) is 38.2. The van der Waals surface area contributed by atoms with Gasteiger partial charge >= 0.3 is 0 Å². The molecule has 5 rings (SSSR count). The lowest BCUT2D eigenvalue weighted by molar-refractivity contribution is 0.0468. The molecule has 0 radical (unpaired) electrons. The van der Waals surface area contributed by atoms with Crippen LogP contribution in [0, 0.1) is 0 Å². The highest BCUT2D eigenvalue weighted by Crippen LogP contribution is 2.21. The molecule has 31 heavy (non-hydrogen) atoms. The van der Waals surface area contributed by atoms with Gasteiger partial charge in [-0.3, -0.25) is 14.3 Å². The monoisotopic (exact) mass is 420 g/mol. The van der Waals surface area contributed by atoms with Crippen molar-refractivity contribution in [2.75, 3.05) is 19.6 Å². The van der Waals surface area contributed by atoms with Crippen LogP contribution in [0.2, 0.25) is 0 Å². The van der Waals surface area contributed by atoms with Crippen LogP contribution in [0.5, 0.6) is 0 Å². The van der Waals surface area contributed by atoms with Gasteiger partial charge in [-0.05, 0) is 43.5 Å². The molecule has 1 unspecified atom stereocenters. The lowest BCUT2D eigenvalue weighted by atomic mass is 10.1. The zero-order chi connectivity index (χ0) is 21.4. The fourth-order valence-corrected chi connectivity index (χ4v) is 4.38. The van der Waals surface area contributed by atoms with Gasteiger partial charge in [0.05, 0.1) is 23.9 Å². The average Bonchev–Trinajstić information content (AvgIpc) is 3.09. The van der Waals surface area contributed by atoms with Crippen LogP contribution in [0.15, 0.2) is 36.7 Å². The van der Waals surface area contributed by atoms with Gasteiger partial charge in [-0.25, -0.2) is 9.97 Å². The molecule has 2 aliphatic heterocycles. The molecule has 3 aromatic heterocycles. The Morgan fingerprint density at radius 2 is 1.84 bits per heavy atom. The number of aryl methyl sites for hydroxylation is 1. The minimum atomic E-state index is -0.476. The molecule has 3 aromatic rings. The standard InChI is InChI=1S/C22H24N6O3/c29-16-4-2-9-27(14-16)22(31)19-12-15-13-26(10-3-11-28(15)25-19)21(30)18-6-8-24-20-17(18)5-1-7-23-20/h1,5-8,12,16,29H,2-4,9-11,13-14H2. The maximum Gasteiger partial charge on any atom is 0.274 e. The third-order valence-electron chi connectivity index (χ3n) is 5.95. The molecule has 1 saturated heterocycles. The molecular weight excluding hydrogens is 396 g/mol. The topological polar surface area (TPSA) is 104 Å². The number of hydrogen-bond acceptors (Lipinski definition) is 6. The number of piperidine rings is 1. The zero-order valence-electron chi connectivity index (χ0n) is 17.1. The van der Waals surface area contributed by atoms with Gasteiger partial charge in [0.25, 0.3) is 11.8 Å². The number of carbonyl (C=O) groups is 2. The summed E-state index contributed by atoms with van der Waals surface area (Å²) in [5.74, 6) is -0.245. The summed E-state index contributed by atoms with van der Waals surface area (Å²) in [6, 6.07) is 7.16. The first-order valence-corrected chi connectivity index (χ1v) is 10.6. The first kappa shape index (κ1) is 19.6. The first-order chi connectivity index (χ1) is 15.1. The number of aliphatic hydroxyl groups is 1. The summed E-state index contributed by atoms with van der Waals surface area (Å²) in [6.45, 7) is 2.61. The lowest BCUT2D eigenvalue weighted by Crippen LogP contribution is -2.42. The Morgan fingerprint density at radius 1 is 1.00 bits per heavy atom. The van der Waals surface area contributed by atoms with Gasteiger partial charge in [-0.15, -0.1) is 0 Å². The highest BCUT2D eigenvalue weighted by molar-refractivity contribution is 6.05. The van der Waals surface area contributed by atoms with Gasteiger partial charge in [-0.1, -0.05) is 0 Å². The van der Waals surface area contributed by atoms with Crippen molar-refractivity contribution >= 4 is 22.8 Å². The van der Waals surface area contributed by atoms with Crippen LogP contribution < -0.4 is 0 Å². The van der Waals surface area contributed by atoms with Crippen LogP contribution in [0.3, 0.4) is 0 Å². The number of fused-ring (bicyclic) bond motifs is 2. The van der Waals surface area contributed by atoms with Crippen LogP contribution >= 0.6 is 0 Å². The normalized spacial score (nSPS) is 19.2. The molecule has 2 amide bonds. The second-order valence-corrected chi connectivity index (χ2v) is 8.10. The Balaban J connectivity index is 1.39. The van der Waals surface area contributed by atoms with E-state index in [-0.39, 0.29) is 11.8 Å². The minimum absolute atomic E-state index is 0.0814. The summed E-state index contributed by atoms with van der Waals surface area (Å²) in [5, 5.41) is 15.1. The molecule has 0 aromatic carbocycles. The molecule has 9 heteroatoms. The van der Waals surface area contributed by atoms with Crippen molar-refractivity contribution in [1.82, 2.24) is 29.5 Å². The number of carbonyl (C=O) groups excluding carboxylic acids is 2. The molecule has 1 N–H and O–H groups in total. The van der Waals surface area contributed by atoms with Gasteiger partial charge in [0.2, 0.25) is 0 Å². The molecule has 0 aliphatic carbocycles. The van der Waals surface area contributed by atoms with E-state index in [1.165, 1.54) is 0 Å². The van der Waals surface area contributed by atoms with Crippen molar-refractivity contribution in [1.29, 1.82) is 0 Å². The highest BCUT2D eigenvalue weighted by Gasteiger charge is 2.28. The minimum Gasteiger partial charge on any atom is -0.391 e. The number of rotatable bonds is 2. The average molecular weight is 420 g/mol. The van der Waals surface area contributed by atoms with Crippen LogP contribution in [-0.2, 0) is 13.1 Å². The van der Waals surface area contributed by atoms with Gasteiger partial charge in [0.15, 0.2) is 11.3 Å². The predicted octanol–water partition coefficient (Wildman–Crippen LogP) is 1.47. The number of aromatic nitrogens is 4. The second kappa shape index (κ2) is 8.07. The Labute approximate surface area is 179 Å². The maximum atomic E-state index is 13.3. The van der Waals surface area contributed by atoms with E-state index in [1.807, 2.05) is 10.7 Å². The quantitative estimate of drug-likeness (QED) is 0.673. The predicted molar refractivity (Wildman–Crippen MR) is 112 cm³/mol. The number of hydrogen-bond donors (Lipinski definition) is 1. The van der Waals surface area contributed by atoms with E-state index >= 15 is 0 Å². The van der Waals surface area contributed by atoms with E-state index in [1.54, 1.807) is 40.4 Å². The molecular formula is C22H24N6O3. The molecule has 1 fully saturated rings. The van der Waals surface area contributed by atoms with Crippen molar-refractivity contribution in [2.45, 2.75) is 38.5 Å². The van der Waals surface area contributed by atoms with Crippen molar-refractivity contribution in [3.8, 4) is 0 Å². The summed E-state index contributed by atoms with van der Waals surface area (Å²) in [7, 11) is 0. The highest BCUT2D eigenvalue weighted by atomic mass is 16.3. The molecule has 1 atom stereocenters. The van der Waals surface area contributed by atoms with E-state index in [2.05, 4.69) is 15.1 Å². The second-order valence-electron chi connectivity index (χ2n) is 8.10. The zero-order valence-corrected chi connectivity index (χ0v) is 17.1. The molecule has 2 aliphatic rings. The number of pyridine rings is 2. The molecule has 0 bridgehead atoms. The lowest BCUT2D eigenvalue weighted by Gasteiger charge is -2.29. The third-order valence-corrected chi connectivity index (χ3v) is 5.95. The number of likely N-dealkylation sites (tertiary alicyclic amines) is 1. The van der Waals surface area contributed by atoms with Gasteiger partial charge in [0, 0.05) is 44.0 Å². The van der Waals surface area contributed by atoms with E-state index in [9.17, 15) is 14.7 Å². The molecule has 0 spiro atoms. The molecule has 160 valence electrons. The number of β-amino-alcohol motifs (C(OH)–C–C–N with tert-alkyl or cyclic N) is 1. The van der Waals surface area contributed by atoms with Crippen LogP contribution in [0.1, 0.15) is 45.8 Å². The number of nitrogens with zero attached hydrogens (tertiary/aromatic N) is 6. The smallest absolute Gasteiger partial charge is 0.274 e. The first-order valence-electron chi connectivity index (χ1n) is 10.6. The van der Waals surface area contributed by atoms with E-state index < -0.39 is 6.10 Å². The SMILES string of the molecule is O=C(c1cc2n(n1)CCCN(C(=O)c1ccnc3ncccc13)C2)N1CCCC(O)C1. The fourth-order valence-electron chi connectivity index (χ4n) is 4.38. The van der Waals surface area contributed by atoms with Crippen molar-refractivity contribution < 1.29 is 14.7 Å². The van der Waals surface area contributed by atoms with Crippen molar-refractivity contribution in [2.24, 2.45) is 0 Å². The van der Waals surface area contributed by atoms with Crippen LogP contribution in [-0.4, -0.2) is 72.2 Å². The third kappa shape index (κ3) is 3.76. The molecule has 9 nitrogen and oxygen atoms in total. The number of aliphatic hydroxyl groups excluding tert-OH is 1. The van der Waals surface area contributed by atoms with Gasteiger partial charge in [-0.2, -0.15) is 5.10 Å². The van der Waals surface area contributed by atoms with Crippen molar-refractivity contribution in [3.05, 3.63) is 53.6 Å². The van der Waals surface area contributed by atoms with E-state index in [0.29, 0.717) is 49.6 Å². The molecule has 0 saturated carbocycles. The van der Waals surface area contributed by atoms with E-state index in [4.69, 9.17) is 0 Å². The Morgan fingerprint density at radius 3 is 2.71 bits per heavy atom. The molecule has 5 heterocycles. The van der Waals surface area contributed by atoms with Crippen LogP contribution in [0.4, 0.5) is 0 Å². The summed E-state index contributed by atoms with van der Waals surface area (Å²) in [5.41, 5.74) is 2.33. The fraction of sp³-hybridized carbons (Fsp3) is 0.409. The van der Waals surface area contributed by atoms with E-state index in [0.717, 1.165) is 30.3 Å². The summed E-state index contributed by atoms with van der Waals surface area (Å²) >= 11 is 0. The van der Waals surface area contributed by atoms with Crippen LogP contribution in [0.25, 0.3) is 11.0 Å². The summed E-state index contributed by atoms with van der Waals surface area (Å²) in [6.07, 6.45) is 5.05. The Kier molecular flexibility index (Phi) is 5.11.